The summed E-state index contributed by atoms with van der Waals surface area (Å²) in [6.07, 6.45) is 2.19. The topological polar surface area (TPSA) is 55.6 Å². The second-order valence-electron chi connectivity index (χ2n) is 5.04. The van der Waals surface area contributed by atoms with E-state index in [9.17, 15) is 4.79 Å². The first-order valence-electron chi connectivity index (χ1n) is 7.22. The van der Waals surface area contributed by atoms with Gasteiger partial charge in [-0.25, -0.2) is 0 Å². The fourth-order valence-electron chi connectivity index (χ4n) is 1.84. The summed E-state index contributed by atoms with van der Waals surface area (Å²) in [4.78, 5) is 13.5. The molecular weight excluding hydrogens is 288 g/mol. The number of likely N-dealkylation sites (N-methyl/N-ethyl adjacent to an activating group) is 1. The molecule has 0 bridgehead atoms. The first kappa shape index (κ1) is 19.9. The van der Waals surface area contributed by atoms with E-state index in [0.29, 0.717) is 26.2 Å². The van der Waals surface area contributed by atoms with E-state index in [1.165, 1.54) is 5.56 Å². The number of hydrogen-bond acceptors (Lipinski definition) is 3. The molecule has 0 saturated carbocycles. The third kappa shape index (κ3) is 8.05. The molecule has 0 aliphatic heterocycles. The van der Waals surface area contributed by atoms with Crippen molar-refractivity contribution in [3.8, 4) is 0 Å². The fraction of sp³-hybridized carbons (Fsp3) is 0.562. The van der Waals surface area contributed by atoms with E-state index >= 15 is 0 Å². The van der Waals surface area contributed by atoms with Gasteiger partial charge in [0.25, 0.3) is 0 Å². The van der Waals surface area contributed by atoms with Crippen LogP contribution in [0.5, 0.6) is 0 Å². The molecule has 0 fully saturated rings. The van der Waals surface area contributed by atoms with Crippen molar-refractivity contribution in [3.63, 3.8) is 0 Å². The molecule has 0 aliphatic rings. The molecule has 0 aromatic heterocycles. The van der Waals surface area contributed by atoms with Crippen molar-refractivity contribution >= 4 is 18.3 Å². The normalized spacial score (nSPS) is 11.6. The summed E-state index contributed by atoms with van der Waals surface area (Å²) in [6, 6.07) is 10.4. The lowest BCUT2D eigenvalue weighted by Gasteiger charge is -2.23. The van der Waals surface area contributed by atoms with Crippen molar-refractivity contribution < 1.29 is 9.53 Å². The fourth-order valence-corrected chi connectivity index (χ4v) is 1.84. The predicted molar refractivity (Wildman–Crippen MR) is 88.7 cm³/mol. The Labute approximate surface area is 134 Å². The van der Waals surface area contributed by atoms with Gasteiger partial charge in [-0.1, -0.05) is 30.3 Å². The maximum absolute atomic E-state index is 11.8. The zero-order valence-corrected chi connectivity index (χ0v) is 13.8. The smallest absolute Gasteiger partial charge is 0.222 e. The first-order chi connectivity index (χ1) is 9.65. The van der Waals surface area contributed by atoms with E-state index in [-0.39, 0.29) is 24.4 Å². The van der Waals surface area contributed by atoms with Gasteiger partial charge >= 0.3 is 0 Å². The summed E-state index contributed by atoms with van der Waals surface area (Å²) in [5.41, 5.74) is 6.82. The molecule has 5 heteroatoms. The van der Waals surface area contributed by atoms with Crippen LogP contribution in [0.3, 0.4) is 0 Å². The van der Waals surface area contributed by atoms with Crippen LogP contribution in [0.2, 0.25) is 0 Å². The molecule has 0 saturated heterocycles. The molecule has 0 radical (unpaired) electrons. The molecule has 1 atom stereocenters. The molecule has 1 rings (SSSR count). The second kappa shape index (κ2) is 11.5. The summed E-state index contributed by atoms with van der Waals surface area (Å²) in [5.74, 6) is 0.134. The Balaban J connectivity index is 0.00000400. The molecule has 4 nitrogen and oxygen atoms in total. The SMILES string of the molecule is CC(CN)N(C)C(=O)CCCOCCc1ccccc1.Cl. The van der Waals surface area contributed by atoms with Gasteiger partial charge in [0.1, 0.15) is 0 Å². The van der Waals surface area contributed by atoms with Crippen LogP contribution >= 0.6 is 12.4 Å². The lowest BCUT2D eigenvalue weighted by Crippen LogP contribution is -2.39. The zero-order chi connectivity index (χ0) is 14.8. The monoisotopic (exact) mass is 314 g/mol. The average Bonchev–Trinajstić information content (AvgIpc) is 2.49. The summed E-state index contributed by atoms with van der Waals surface area (Å²) < 4.78 is 5.56. The highest BCUT2D eigenvalue weighted by atomic mass is 35.5. The molecule has 1 unspecified atom stereocenters. The molecule has 1 amide bonds. The van der Waals surface area contributed by atoms with E-state index in [1.807, 2.05) is 25.1 Å². The van der Waals surface area contributed by atoms with Gasteiger partial charge in [-0.2, -0.15) is 0 Å². The van der Waals surface area contributed by atoms with E-state index in [1.54, 1.807) is 11.9 Å². The van der Waals surface area contributed by atoms with Gasteiger partial charge in [-0.05, 0) is 25.3 Å². The Morgan fingerprint density at radius 2 is 1.95 bits per heavy atom. The van der Waals surface area contributed by atoms with Crippen molar-refractivity contribution in [1.82, 2.24) is 4.90 Å². The van der Waals surface area contributed by atoms with Gasteiger partial charge in [-0.15, -0.1) is 12.4 Å². The Hall–Kier alpha value is -1.10. The van der Waals surface area contributed by atoms with E-state index in [2.05, 4.69) is 12.1 Å². The number of nitrogens with two attached hydrogens (primary N) is 1. The van der Waals surface area contributed by atoms with E-state index in [0.717, 1.165) is 12.8 Å². The van der Waals surface area contributed by atoms with Crippen LogP contribution in [-0.4, -0.2) is 43.7 Å². The minimum Gasteiger partial charge on any atom is -0.381 e. The van der Waals surface area contributed by atoms with E-state index < -0.39 is 0 Å². The lowest BCUT2D eigenvalue weighted by atomic mass is 10.2. The molecule has 0 aliphatic carbocycles. The highest BCUT2D eigenvalue weighted by Gasteiger charge is 2.13. The molecule has 21 heavy (non-hydrogen) atoms. The Kier molecular flexibility index (Phi) is 10.9. The first-order valence-corrected chi connectivity index (χ1v) is 7.22. The molecule has 0 spiro atoms. The van der Waals surface area contributed by atoms with Crippen molar-refractivity contribution in [1.29, 1.82) is 0 Å². The predicted octanol–water partition coefficient (Wildman–Crippen LogP) is 2.25. The van der Waals surface area contributed by atoms with Crippen LogP contribution in [0.1, 0.15) is 25.3 Å². The number of carbonyl (C=O) groups is 1. The van der Waals surface area contributed by atoms with Crippen LogP contribution in [-0.2, 0) is 16.0 Å². The number of amides is 1. The van der Waals surface area contributed by atoms with Crippen molar-refractivity contribution in [2.45, 2.75) is 32.2 Å². The number of nitrogens with zero attached hydrogens (tertiary/aromatic N) is 1. The van der Waals surface area contributed by atoms with Crippen molar-refractivity contribution in [2.24, 2.45) is 5.73 Å². The number of rotatable bonds is 9. The van der Waals surface area contributed by atoms with Gasteiger partial charge < -0.3 is 15.4 Å². The molecule has 2 N–H and O–H groups in total. The minimum absolute atomic E-state index is 0. The van der Waals surface area contributed by atoms with Crippen LogP contribution in [0.25, 0.3) is 0 Å². The van der Waals surface area contributed by atoms with E-state index in [4.69, 9.17) is 10.5 Å². The summed E-state index contributed by atoms with van der Waals surface area (Å²) in [6.45, 7) is 3.78. The third-order valence-electron chi connectivity index (χ3n) is 3.45. The van der Waals surface area contributed by atoms with Crippen LogP contribution < -0.4 is 5.73 Å². The van der Waals surface area contributed by atoms with Gasteiger partial charge in [0.2, 0.25) is 5.91 Å². The maximum Gasteiger partial charge on any atom is 0.222 e. The summed E-state index contributed by atoms with van der Waals surface area (Å²) in [5, 5.41) is 0. The summed E-state index contributed by atoms with van der Waals surface area (Å²) >= 11 is 0. The maximum atomic E-state index is 11.8. The molecule has 1 aromatic rings. The number of ether oxygens (including phenoxy) is 1. The van der Waals surface area contributed by atoms with Crippen molar-refractivity contribution in [3.05, 3.63) is 35.9 Å². The van der Waals surface area contributed by atoms with Crippen LogP contribution in [0.4, 0.5) is 0 Å². The largest absolute Gasteiger partial charge is 0.381 e. The summed E-state index contributed by atoms with van der Waals surface area (Å²) in [7, 11) is 1.80. The number of benzene rings is 1. The standard InChI is InChI=1S/C16H26N2O2.ClH/c1-14(13-17)18(2)16(19)9-6-11-20-12-10-15-7-4-3-5-8-15;/h3-5,7-8,14H,6,9-13,17H2,1-2H3;1H. The van der Waals surface area contributed by atoms with Crippen molar-refractivity contribution in [2.75, 3.05) is 26.8 Å². The molecule has 120 valence electrons. The number of carbonyl (C=O) groups excluding carboxylic acids is 1. The molecule has 1 aromatic carbocycles. The van der Waals surface area contributed by atoms with Crippen LogP contribution in [0, 0.1) is 0 Å². The highest BCUT2D eigenvalue weighted by Crippen LogP contribution is 2.02. The quantitative estimate of drug-likeness (QED) is 0.711. The molecular formula is C16H27ClN2O2. The second-order valence-corrected chi connectivity index (χ2v) is 5.04. The van der Waals surface area contributed by atoms with Crippen LogP contribution in [0.15, 0.2) is 30.3 Å². The Bertz CT molecular complexity index is 387. The molecule has 0 heterocycles. The zero-order valence-electron chi connectivity index (χ0n) is 13.0. The van der Waals surface area contributed by atoms with Gasteiger partial charge in [0, 0.05) is 32.7 Å². The third-order valence-corrected chi connectivity index (χ3v) is 3.45. The van der Waals surface area contributed by atoms with Gasteiger partial charge in [0.05, 0.1) is 6.61 Å². The highest BCUT2D eigenvalue weighted by molar-refractivity contribution is 5.85. The average molecular weight is 315 g/mol. The van der Waals surface area contributed by atoms with Gasteiger partial charge in [0.15, 0.2) is 0 Å². The van der Waals surface area contributed by atoms with Gasteiger partial charge in [-0.3, -0.25) is 4.79 Å². The Morgan fingerprint density at radius 1 is 1.29 bits per heavy atom. The number of hydrogen-bond donors (Lipinski definition) is 1. The minimum atomic E-state index is 0. The Morgan fingerprint density at radius 3 is 2.57 bits per heavy atom. The lowest BCUT2D eigenvalue weighted by molar-refractivity contribution is -0.131. The number of halogens is 1.